The number of hydrogen-bond acceptors (Lipinski definition) is 12. The van der Waals surface area contributed by atoms with Gasteiger partial charge in [-0.25, -0.2) is 0 Å². The predicted molar refractivity (Wildman–Crippen MR) is 308 cm³/mol. The summed E-state index contributed by atoms with van der Waals surface area (Å²) in [6.45, 7) is 5.89. The number of amides is 8. The van der Waals surface area contributed by atoms with Crippen molar-refractivity contribution < 1.29 is 38.4 Å². The number of piperidine rings is 3. The topological polar surface area (TPSA) is 183 Å². The largest absolute Gasteiger partial charge is 0.371 e. The molecule has 6 aliphatic rings. The Kier molecular flexibility index (Phi) is 14.8. The van der Waals surface area contributed by atoms with Crippen molar-refractivity contribution in [3.05, 3.63) is 124 Å². The fraction of sp³-hybridized carbons (Fsp3) is 0.397. The van der Waals surface area contributed by atoms with E-state index in [0.717, 1.165) is 111 Å². The molecule has 0 radical (unpaired) electrons. The Balaban J connectivity index is 0.697. The summed E-state index contributed by atoms with van der Waals surface area (Å²) in [6, 6.07) is 28.1. The van der Waals surface area contributed by atoms with E-state index in [1.807, 2.05) is 77.7 Å². The Morgan fingerprint density at radius 3 is 0.988 bits per heavy atom. The van der Waals surface area contributed by atoms with Crippen LogP contribution < -0.4 is 25.3 Å². The molecular formula is C63H67N9O8. The molecule has 2 N–H and O–H groups in total. The van der Waals surface area contributed by atoms with Gasteiger partial charge in [0.15, 0.2) is 0 Å². The molecule has 3 saturated heterocycles. The Morgan fingerprint density at radius 2 is 0.662 bits per heavy atom. The van der Waals surface area contributed by atoms with Crippen LogP contribution in [0.1, 0.15) is 133 Å². The standard InChI is InChI=1S/C63H67N9O8/c73-53(64-27-37-70-58(75)44-16-10-13-41-50(67-29-4-1-5-30-67)22-19-47(55(41)44)61(70)78)25-35-66(39-40-72-60(77)46-18-12-15-43-52(69-33-8-3-9-34-69)24-21-49(57(43)46)63(72)80)36-26-54(74)65-28-38-71-59(76)45-17-11-14-42-51(68-31-6-2-7-32-68)23-20-48(56(42)45)62(71)79/h10-24H,1-9,25-40H2,(H,64,73)(H,65,74). The molecular weight excluding hydrogens is 1010 g/mol. The van der Waals surface area contributed by atoms with E-state index in [1.165, 1.54) is 34.0 Å². The van der Waals surface area contributed by atoms with Gasteiger partial charge < -0.3 is 30.2 Å². The summed E-state index contributed by atoms with van der Waals surface area (Å²) < 4.78 is 0. The summed E-state index contributed by atoms with van der Waals surface area (Å²) in [4.78, 5) is 124. The molecule has 3 fully saturated rings. The van der Waals surface area contributed by atoms with Crippen LogP contribution in [-0.2, 0) is 9.59 Å². The number of carbonyl (C=O) groups is 8. The molecule has 0 aliphatic carbocycles. The maximum absolute atomic E-state index is 14.3. The maximum atomic E-state index is 14.3. The van der Waals surface area contributed by atoms with Gasteiger partial charge in [0, 0.05) is 187 Å². The molecule has 17 heteroatoms. The number of hydrogen-bond donors (Lipinski definition) is 2. The third-order valence-electron chi connectivity index (χ3n) is 17.3. The molecule has 80 heavy (non-hydrogen) atoms. The third kappa shape index (κ3) is 9.79. The lowest BCUT2D eigenvalue weighted by atomic mass is 9.92. The van der Waals surface area contributed by atoms with E-state index < -0.39 is 35.4 Å². The van der Waals surface area contributed by atoms with Crippen molar-refractivity contribution in [2.75, 3.05) is 106 Å². The van der Waals surface area contributed by atoms with E-state index in [1.54, 1.807) is 18.2 Å². The van der Waals surface area contributed by atoms with Crippen molar-refractivity contribution in [1.29, 1.82) is 0 Å². The van der Waals surface area contributed by atoms with Crippen molar-refractivity contribution in [3.8, 4) is 0 Å². The second kappa shape index (κ2) is 22.5. The summed E-state index contributed by atoms with van der Waals surface area (Å²) in [5.41, 5.74) is 5.76. The van der Waals surface area contributed by atoms with E-state index in [9.17, 15) is 38.4 Å². The molecule has 6 aromatic carbocycles. The quantitative estimate of drug-likeness (QED) is 0.0805. The maximum Gasteiger partial charge on any atom is 0.261 e. The number of nitrogens with zero attached hydrogens (tertiary/aromatic N) is 7. The zero-order valence-corrected chi connectivity index (χ0v) is 45.2. The lowest BCUT2D eigenvalue weighted by molar-refractivity contribution is -0.121. The van der Waals surface area contributed by atoms with Crippen LogP contribution in [0.5, 0.6) is 0 Å². The van der Waals surface area contributed by atoms with Gasteiger partial charge in [0.25, 0.3) is 35.4 Å². The zero-order valence-electron chi connectivity index (χ0n) is 45.2. The van der Waals surface area contributed by atoms with Crippen molar-refractivity contribution in [1.82, 2.24) is 30.2 Å². The van der Waals surface area contributed by atoms with Crippen molar-refractivity contribution in [2.24, 2.45) is 0 Å². The van der Waals surface area contributed by atoms with Gasteiger partial charge in [-0.15, -0.1) is 0 Å². The first-order valence-corrected chi connectivity index (χ1v) is 28.8. The minimum absolute atomic E-state index is 0.00944. The van der Waals surface area contributed by atoms with E-state index >= 15 is 0 Å². The van der Waals surface area contributed by atoms with Crippen LogP contribution in [0, 0.1) is 0 Å². The molecule has 0 saturated carbocycles. The molecule has 8 amide bonds. The van der Waals surface area contributed by atoms with Crippen molar-refractivity contribution in [2.45, 2.75) is 70.6 Å². The van der Waals surface area contributed by atoms with Crippen molar-refractivity contribution >= 4 is 96.6 Å². The molecule has 412 valence electrons. The first-order valence-electron chi connectivity index (χ1n) is 28.8. The van der Waals surface area contributed by atoms with Crippen LogP contribution in [0.15, 0.2) is 91.0 Å². The van der Waals surface area contributed by atoms with Gasteiger partial charge in [-0.3, -0.25) is 53.1 Å². The summed E-state index contributed by atoms with van der Waals surface area (Å²) >= 11 is 0. The van der Waals surface area contributed by atoms with Crippen LogP contribution in [0.25, 0.3) is 32.3 Å². The van der Waals surface area contributed by atoms with Crippen molar-refractivity contribution in [3.63, 3.8) is 0 Å². The lowest BCUT2D eigenvalue weighted by Gasteiger charge is -2.33. The number of imide groups is 3. The molecule has 6 heterocycles. The Morgan fingerprint density at radius 1 is 0.362 bits per heavy atom. The first kappa shape index (κ1) is 52.5. The molecule has 12 rings (SSSR count). The molecule has 0 atom stereocenters. The number of benzene rings is 6. The van der Waals surface area contributed by atoms with Gasteiger partial charge >= 0.3 is 0 Å². The SMILES string of the molecule is O=C(CCN(CCC(=O)NCCN1C(=O)c2cccc3c(N4CCCCC4)ccc(c23)C1=O)CCN1C(=O)c2cccc3c(N4CCCCC4)ccc(c23)C1=O)NCCN1C(=O)c2cccc3c(N4CCCCC4)ccc(c23)C1=O. The Labute approximate surface area is 464 Å². The average molecular weight is 1080 g/mol. The van der Waals surface area contributed by atoms with E-state index in [4.69, 9.17) is 0 Å². The summed E-state index contributed by atoms with van der Waals surface area (Å²) in [7, 11) is 0. The van der Waals surface area contributed by atoms with Gasteiger partial charge in [-0.05, 0) is 112 Å². The van der Waals surface area contributed by atoms with Gasteiger partial charge in [0.05, 0.1) is 0 Å². The highest BCUT2D eigenvalue weighted by Gasteiger charge is 2.37. The van der Waals surface area contributed by atoms with E-state index in [-0.39, 0.29) is 77.0 Å². The number of nitrogens with one attached hydrogen (secondary N) is 2. The molecule has 6 aromatic rings. The fourth-order valence-electron chi connectivity index (χ4n) is 13.1. The molecule has 0 aromatic heterocycles. The number of rotatable bonds is 18. The highest BCUT2D eigenvalue weighted by molar-refractivity contribution is 6.29. The Bertz CT molecular complexity index is 3300. The third-order valence-corrected chi connectivity index (χ3v) is 17.3. The van der Waals surface area contributed by atoms with Gasteiger partial charge in [0.2, 0.25) is 11.8 Å². The smallest absolute Gasteiger partial charge is 0.261 e. The molecule has 6 aliphatic heterocycles. The molecule has 17 nitrogen and oxygen atoms in total. The lowest BCUT2D eigenvalue weighted by Crippen LogP contribution is -2.46. The van der Waals surface area contributed by atoms with E-state index in [0.29, 0.717) is 49.5 Å². The van der Waals surface area contributed by atoms with E-state index in [2.05, 4.69) is 25.3 Å². The predicted octanol–water partition coefficient (Wildman–Crippen LogP) is 7.62. The van der Waals surface area contributed by atoms with Crippen LogP contribution in [0.3, 0.4) is 0 Å². The van der Waals surface area contributed by atoms with Crippen LogP contribution >= 0.6 is 0 Å². The van der Waals surface area contributed by atoms with Crippen LogP contribution in [0.4, 0.5) is 17.1 Å². The van der Waals surface area contributed by atoms with Gasteiger partial charge in [-0.1, -0.05) is 36.4 Å². The second-order valence-corrected chi connectivity index (χ2v) is 22.1. The normalized spacial score (nSPS) is 17.5. The fourth-order valence-corrected chi connectivity index (χ4v) is 13.1. The molecule has 0 bridgehead atoms. The molecule has 0 spiro atoms. The Hall–Kier alpha value is -8.18. The number of anilines is 3. The van der Waals surface area contributed by atoms with Gasteiger partial charge in [0.1, 0.15) is 0 Å². The molecule has 0 unspecified atom stereocenters. The first-order chi connectivity index (χ1) is 39.0. The number of carbonyl (C=O) groups excluding carboxylic acids is 8. The minimum atomic E-state index is -0.413. The second-order valence-electron chi connectivity index (χ2n) is 22.1. The highest BCUT2D eigenvalue weighted by atomic mass is 16.2. The summed E-state index contributed by atoms with van der Waals surface area (Å²) in [5, 5.41) is 10.4. The summed E-state index contributed by atoms with van der Waals surface area (Å²) in [5.74, 6) is -3.17. The zero-order chi connectivity index (χ0) is 55.0. The highest BCUT2D eigenvalue weighted by Crippen LogP contribution is 2.40. The monoisotopic (exact) mass is 1080 g/mol. The average Bonchev–Trinajstić information content (AvgIpc) is 3.66. The van der Waals surface area contributed by atoms with Crippen LogP contribution in [0.2, 0.25) is 0 Å². The minimum Gasteiger partial charge on any atom is -0.371 e. The van der Waals surface area contributed by atoms with Crippen LogP contribution in [-0.4, -0.2) is 158 Å². The van der Waals surface area contributed by atoms with Gasteiger partial charge in [-0.2, -0.15) is 0 Å². The summed E-state index contributed by atoms with van der Waals surface area (Å²) in [6.07, 6.45) is 9.99.